The zero-order chi connectivity index (χ0) is 29.1. The molecule has 3 heterocycles. The number of aliphatic hydroxyl groups is 1. The van der Waals surface area contributed by atoms with Crippen molar-refractivity contribution >= 4 is 35.3 Å². The minimum atomic E-state index is -0.807. The molecule has 3 aromatic rings. The van der Waals surface area contributed by atoms with Gasteiger partial charge in [0, 0.05) is 50.9 Å². The molecule has 2 aromatic heterocycles. The van der Waals surface area contributed by atoms with Crippen LogP contribution in [-0.2, 0) is 34.3 Å². The highest BCUT2D eigenvalue weighted by Gasteiger charge is 2.27. The molecule has 9 nitrogen and oxygen atoms in total. The van der Waals surface area contributed by atoms with Crippen LogP contribution >= 0.6 is 12.4 Å². The number of fused-ring (bicyclic) bond motifs is 1. The van der Waals surface area contributed by atoms with E-state index in [2.05, 4.69) is 10.6 Å². The fourth-order valence-corrected chi connectivity index (χ4v) is 5.69. The number of aliphatic hydroxyl groups excluding tert-OH is 1. The second-order valence-electron chi connectivity index (χ2n) is 11.5. The molecule has 0 saturated carbocycles. The molecule has 0 bridgehead atoms. The lowest BCUT2D eigenvalue weighted by atomic mass is 9.95. The highest BCUT2D eigenvalue weighted by molar-refractivity contribution is 5.85. The number of imidazole rings is 1. The number of amides is 1. The summed E-state index contributed by atoms with van der Waals surface area (Å²) in [6.45, 7) is 10.9. The summed E-state index contributed by atoms with van der Waals surface area (Å²) in [6, 6.07) is 8.04. The number of carbonyl (C=O) groups excluding carboxylic acids is 2. The van der Waals surface area contributed by atoms with Crippen molar-refractivity contribution in [2.75, 3.05) is 13.1 Å². The van der Waals surface area contributed by atoms with E-state index < -0.39 is 12.0 Å². The lowest BCUT2D eigenvalue weighted by Gasteiger charge is -2.32. The van der Waals surface area contributed by atoms with Gasteiger partial charge >= 0.3 is 5.97 Å². The van der Waals surface area contributed by atoms with E-state index in [-0.39, 0.29) is 35.9 Å². The van der Waals surface area contributed by atoms with E-state index in [1.165, 1.54) is 0 Å². The van der Waals surface area contributed by atoms with Crippen LogP contribution in [0.5, 0.6) is 0 Å². The summed E-state index contributed by atoms with van der Waals surface area (Å²) in [7, 11) is 1.75. The number of hydrogen-bond acceptors (Lipinski definition) is 6. The third-order valence-corrected chi connectivity index (χ3v) is 7.82. The number of benzene rings is 1. The molecule has 1 amide bonds. The number of rotatable bonds is 9. The summed E-state index contributed by atoms with van der Waals surface area (Å²) in [5.41, 5.74) is 4.30. The Morgan fingerprint density at radius 1 is 1.20 bits per heavy atom. The third kappa shape index (κ3) is 7.57. The fourth-order valence-electron chi connectivity index (χ4n) is 5.69. The summed E-state index contributed by atoms with van der Waals surface area (Å²) in [4.78, 5) is 43.9. The molecule has 0 spiro atoms. The van der Waals surface area contributed by atoms with Crippen LogP contribution in [0.4, 0.5) is 0 Å². The Morgan fingerprint density at radius 2 is 1.93 bits per heavy atom. The molecule has 1 aromatic carbocycles. The Balaban J connectivity index is 0.00000462. The molecule has 1 fully saturated rings. The van der Waals surface area contributed by atoms with E-state index in [4.69, 9.17) is 9.72 Å². The largest absolute Gasteiger partial charge is 0.463 e. The molecule has 1 saturated heterocycles. The zero-order valence-corrected chi connectivity index (χ0v) is 25.7. The molecule has 1 N–H and O–H groups in total. The van der Waals surface area contributed by atoms with Gasteiger partial charge in [-0.25, -0.2) is 4.98 Å². The second kappa shape index (κ2) is 13.7. The van der Waals surface area contributed by atoms with E-state index in [1.54, 1.807) is 39.3 Å². The maximum absolute atomic E-state index is 12.5. The summed E-state index contributed by atoms with van der Waals surface area (Å²) in [5.74, 6) is 0.200. The predicted octanol–water partition coefficient (Wildman–Crippen LogP) is 4.27. The van der Waals surface area contributed by atoms with Crippen LogP contribution in [0.25, 0.3) is 22.4 Å². The van der Waals surface area contributed by atoms with Crippen LogP contribution in [-0.4, -0.2) is 61.3 Å². The van der Waals surface area contributed by atoms with Crippen molar-refractivity contribution < 1.29 is 19.4 Å². The Bertz CT molecular complexity index is 1420. The van der Waals surface area contributed by atoms with Gasteiger partial charge in [-0.2, -0.15) is 0 Å². The molecule has 224 valence electrons. The Morgan fingerprint density at radius 3 is 2.56 bits per heavy atom. The number of carbonyl (C=O) groups is 2. The number of nitrogens with zero attached hydrogens (tertiary/aromatic N) is 4. The van der Waals surface area contributed by atoms with Crippen LogP contribution in [0, 0.1) is 18.8 Å². The number of aromatic nitrogens is 3. The van der Waals surface area contributed by atoms with Gasteiger partial charge in [0.15, 0.2) is 0 Å². The van der Waals surface area contributed by atoms with Gasteiger partial charge < -0.3 is 23.9 Å². The van der Waals surface area contributed by atoms with E-state index in [0.29, 0.717) is 37.4 Å². The van der Waals surface area contributed by atoms with Crippen LogP contribution in [0.15, 0.2) is 35.3 Å². The van der Waals surface area contributed by atoms with E-state index in [0.717, 1.165) is 47.4 Å². The Labute approximate surface area is 247 Å². The van der Waals surface area contributed by atoms with Gasteiger partial charge in [-0.1, -0.05) is 6.07 Å². The summed E-state index contributed by atoms with van der Waals surface area (Å²) in [6.07, 6.45) is 3.84. The fraction of sp³-hybridized carbons (Fsp3) is 0.548. The van der Waals surface area contributed by atoms with Crippen LogP contribution in [0.2, 0.25) is 0 Å². The summed E-state index contributed by atoms with van der Waals surface area (Å²) >= 11 is 0. The molecule has 0 unspecified atom stereocenters. The third-order valence-electron chi connectivity index (χ3n) is 7.82. The average Bonchev–Trinajstić information content (AvgIpc) is 3.24. The first kappa shape index (κ1) is 32.3. The summed E-state index contributed by atoms with van der Waals surface area (Å²) < 4.78 is 9.16. The van der Waals surface area contributed by atoms with Gasteiger partial charge in [0.25, 0.3) is 5.56 Å². The number of likely N-dealkylation sites (tertiary alicyclic amines) is 1. The summed E-state index contributed by atoms with van der Waals surface area (Å²) in [5, 5.41) is 10.2. The SMILES string of the molecule is CC(=O)N1CCC[C@@H](Cn2c(-c3cc(C)c(=O)n(C)c3)nc3cc(CC[C@H](C(=O)OC(C)C)[C@@H](C)O)ccc32)C1.Cl. The van der Waals surface area contributed by atoms with Crippen LogP contribution < -0.4 is 5.56 Å². The minimum Gasteiger partial charge on any atom is -0.463 e. The van der Waals surface area contributed by atoms with Crippen LogP contribution in [0.1, 0.15) is 58.1 Å². The highest BCUT2D eigenvalue weighted by Crippen LogP contribution is 2.29. The van der Waals surface area contributed by atoms with Gasteiger partial charge in [-0.15, -0.1) is 12.4 Å². The van der Waals surface area contributed by atoms with Crippen molar-refractivity contribution in [1.29, 1.82) is 0 Å². The topological polar surface area (TPSA) is 107 Å². The first-order valence-corrected chi connectivity index (χ1v) is 14.3. The average molecular weight is 587 g/mol. The molecular formula is C31H43ClN4O5. The van der Waals surface area contributed by atoms with Crippen molar-refractivity contribution in [3.05, 3.63) is 51.9 Å². The first-order valence-electron chi connectivity index (χ1n) is 14.3. The molecule has 1 aliphatic heterocycles. The molecular weight excluding hydrogens is 544 g/mol. The Kier molecular flexibility index (Phi) is 10.8. The lowest BCUT2D eigenvalue weighted by molar-refractivity contribution is -0.156. The van der Waals surface area contributed by atoms with Crippen molar-refractivity contribution in [1.82, 2.24) is 19.0 Å². The first-order chi connectivity index (χ1) is 18.9. The number of pyridine rings is 1. The molecule has 3 atom stereocenters. The predicted molar refractivity (Wildman–Crippen MR) is 162 cm³/mol. The number of piperidine rings is 1. The number of ether oxygens (including phenoxy) is 1. The van der Waals surface area contributed by atoms with E-state index >= 15 is 0 Å². The maximum atomic E-state index is 12.5. The quantitative estimate of drug-likeness (QED) is 0.375. The van der Waals surface area contributed by atoms with E-state index in [1.807, 2.05) is 36.2 Å². The normalized spacial score (nSPS) is 16.9. The van der Waals surface area contributed by atoms with Gasteiger partial charge in [-0.05, 0) is 83.1 Å². The molecule has 1 aliphatic rings. The number of hydrogen-bond donors (Lipinski definition) is 1. The van der Waals surface area contributed by atoms with Gasteiger partial charge in [-0.3, -0.25) is 14.4 Å². The Hall–Kier alpha value is -3.17. The maximum Gasteiger partial charge on any atom is 0.311 e. The van der Waals surface area contributed by atoms with Crippen molar-refractivity contribution in [2.45, 2.75) is 79.1 Å². The minimum absolute atomic E-state index is 0. The number of halogens is 1. The molecule has 41 heavy (non-hydrogen) atoms. The second-order valence-corrected chi connectivity index (χ2v) is 11.5. The highest BCUT2D eigenvalue weighted by atomic mass is 35.5. The van der Waals surface area contributed by atoms with Crippen molar-refractivity contribution in [3.8, 4) is 11.4 Å². The van der Waals surface area contributed by atoms with Gasteiger partial charge in [0.1, 0.15) is 5.82 Å². The monoisotopic (exact) mass is 586 g/mol. The van der Waals surface area contributed by atoms with Gasteiger partial charge in [0.05, 0.1) is 29.2 Å². The van der Waals surface area contributed by atoms with Crippen LogP contribution in [0.3, 0.4) is 0 Å². The smallest absolute Gasteiger partial charge is 0.311 e. The van der Waals surface area contributed by atoms with Gasteiger partial charge in [0.2, 0.25) is 5.91 Å². The van der Waals surface area contributed by atoms with Crippen molar-refractivity contribution in [3.63, 3.8) is 0 Å². The zero-order valence-electron chi connectivity index (χ0n) is 24.9. The standard InChI is InChI=1S/C31H42N4O5.ClH/c1-19(2)40-31(39)26(21(4)36)11-9-23-10-12-28-27(15-23)32-29(25-14-20(3)30(38)33(6)18-25)35(28)17-24-8-7-13-34(16-24)22(5)37;/h10,12,14-15,18-19,21,24,26,36H,7-9,11,13,16-17H2,1-6H3;1H/t21-,24-,26+;/m1./s1. The lowest BCUT2D eigenvalue weighted by Crippen LogP contribution is -2.39. The number of aryl methyl sites for hydroxylation is 3. The van der Waals surface area contributed by atoms with Crippen molar-refractivity contribution in [2.24, 2.45) is 18.9 Å². The molecule has 10 heteroatoms. The molecule has 0 radical (unpaired) electrons. The van der Waals surface area contributed by atoms with E-state index in [9.17, 15) is 19.5 Å². The molecule has 4 rings (SSSR count). The molecule has 0 aliphatic carbocycles. The number of esters is 1.